The van der Waals surface area contributed by atoms with Gasteiger partial charge in [-0.3, -0.25) is 0 Å². The van der Waals surface area contributed by atoms with Gasteiger partial charge in [0.05, 0.1) is 14.2 Å². The third-order valence-corrected chi connectivity index (χ3v) is 4.07. The number of benzene rings is 2. The van der Waals surface area contributed by atoms with E-state index in [-0.39, 0.29) is 6.03 Å². The molecular formula is C17H19BrN2O3. The molecule has 0 saturated carbocycles. The van der Waals surface area contributed by atoms with Gasteiger partial charge in [-0.25, -0.2) is 4.79 Å². The van der Waals surface area contributed by atoms with Gasteiger partial charge in [0.1, 0.15) is 0 Å². The molecule has 0 aliphatic heterocycles. The van der Waals surface area contributed by atoms with Crippen LogP contribution in [0.15, 0.2) is 46.9 Å². The molecule has 122 valence electrons. The summed E-state index contributed by atoms with van der Waals surface area (Å²) in [5.41, 5.74) is 1.95. The summed E-state index contributed by atoms with van der Waals surface area (Å²) in [5, 5.41) is 5.64. The van der Waals surface area contributed by atoms with Gasteiger partial charge in [-0.2, -0.15) is 0 Å². The van der Waals surface area contributed by atoms with E-state index in [1.807, 2.05) is 42.5 Å². The van der Waals surface area contributed by atoms with Gasteiger partial charge in [-0.1, -0.05) is 40.2 Å². The van der Waals surface area contributed by atoms with Crippen LogP contribution in [0.5, 0.6) is 11.5 Å². The molecule has 0 unspecified atom stereocenters. The van der Waals surface area contributed by atoms with Crippen LogP contribution in [-0.2, 0) is 13.1 Å². The molecule has 0 fully saturated rings. The van der Waals surface area contributed by atoms with E-state index in [0.717, 1.165) is 15.6 Å². The zero-order valence-corrected chi connectivity index (χ0v) is 14.6. The van der Waals surface area contributed by atoms with Crippen molar-refractivity contribution < 1.29 is 14.3 Å². The van der Waals surface area contributed by atoms with E-state index in [9.17, 15) is 4.79 Å². The third kappa shape index (κ3) is 4.89. The molecule has 0 atom stereocenters. The Labute approximate surface area is 144 Å². The second-order valence-electron chi connectivity index (χ2n) is 4.82. The Morgan fingerprint density at radius 3 is 2.39 bits per heavy atom. The van der Waals surface area contributed by atoms with Crippen molar-refractivity contribution in [3.63, 3.8) is 0 Å². The molecule has 0 bridgehead atoms. The molecule has 2 rings (SSSR count). The van der Waals surface area contributed by atoms with Gasteiger partial charge in [-0.05, 0) is 29.3 Å². The smallest absolute Gasteiger partial charge is 0.315 e. The standard InChI is InChI=1S/C17H19BrN2O3/c1-22-15-8-7-12(9-16(15)23-2)10-19-17(21)20-11-13-5-3-4-6-14(13)18/h3-9H,10-11H2,1-2H3,(H2,19,20,21). The number of methoxy groups -OCH3 is 2. The molecule has 0 spiro atoms. The zero-order chi connectivity index (χ0) is 16.7. The highest BCUT2D eigenvalue weighted by atomic mass is 79.9. The maximum absolute atomic E-state index is 11.9. The van der Waals surface area contributed by atoms with Gasteiger partial charge in [0.15, 0.2) is 11.5 Å². The molecule has 2 amide bonds. The lowest BCUT2D eigenvalue weighted by molar-refractivity contribution is 0.240. The van der Waals surface area contributed by atoms with E-state index in [4.69, 9.17) is 9.47 Å². The summed E-state index contributed by atoms with van der Waals surface area (Å²) in [4.78, 5) is 11.9. The lowest BCUT2D eigenvalue weighted by Gasteiger charge is -2.11. The SMILES string of the molecule is COc1ccc(CNC(=O)NCc2ccccc2Br)cc1OC. The van der Waals surface area contributed by atoms with Crippen LogP contribution in [0.3, 0.4) is 0 Å². The van der Waals surface area contributed by atoms with Gasteiger partial charge in [0, 0.05) is 17.6 Å². The van der Waals surface area contributed by atoms with Crippen molar-refractivity contribution in [1.29, 1.82) is 0 Å². The predicted octanol–water partition coefficient (Wildman–Crippen LogP) is 3.47. The van der Waals surface area contributed by atoms with Crippen molar-refractivity contribution in [2.75, 3.05) is 14.2 Å². The lowest BCUT2D eigenvalue weighted by atomic mass is 10.2. The fourth-order valence-corrected chi connectivity index (χ4v) is 2.48. The number of rotatable bonds is 6. The van der Waals surface area contributed by atoms with E-state index in [1.165, 1.54) is 0 Å². The van der Waals surface area contributed by atoms with Gasteiger partial charge in [0.25, 0.3) is 0 Å². The molecule has 0 saturated heterocycles. The molecule has 0 aliphatic rings. The molecule has 2 N–H and O–H groups in total. The molecule has 0 aromatic heterocycles. The Kier molecular flexibility index (Phi) is 6.29. The molecule has 6 heteroatoms. The van der Waals surface area contributed by atoms with Crippen molar-refractivity contribution in [2.45, 2.75) is 13.1 Å². The number of hydrogen-bond donors (Lipinski definition) is 2. The number of amides is 2. The summed E-state index contributed by atoms with van der Waals surface area (Å²) in [6.45, 7) is 0.862. The first-order valence-electron chi connectivity index (χ1n) is 7.10. The number of nitrogens with one attached hydrogen (secondary N) is 2. The van der Waals surface area contributed by atoms with Crippen LogP contribution in [0.2, 0.25) is 0 Å². The van der Waals surface area contributed by atoms with Crippen molar-refractivity contribution >= 4 is 22.0 Å². The molecule has 2 aromatic carbocycles. The van der Waals surface area contributed by atoms with Gasteiger partial charge in [-0.15, -0.1) is 0 Å². The molecule has 23 heavy (non-hydrogen) atoms. The number of carbonyl (C=O) groups is 1. The summed E-state index contributed by atoms with van der Waals surface area (Å²) in [6, 6.07) is 13.1. The zero-order valence-electron chi connectivity index (χ0n) is 13.1. The van der Waals surface area contributed by atoms with Crippen molar-refractivity contribution in [3.8, 4) is 11.5 Å². The van der Waals surface area contributed by atoms with Crippen molar-refractivity contribution in [3.05, 3.63) is 58.1 Å². The number of ether oxygens (including phenoxy) is 2. The first-order chi connectivity index (χ1) is 11.1. The maximum atomic E-state index is 11.9. The number of hydrogen-bond acceptors (Lipinski definition) is 3. The summed E-state index contributed by atoms with van der Waals surface area (Å²) in [5.74, 6) is 1.30. The average Bonchev–Trinajstić information content (AvgIpc) is 2.58. The van der Waals surface area contributed by atoms with Crippen LogP contribution in [0, 0.1) is 0 Å². The van der Waals surface area contributed by atoms with E-state index >= 15 is 0 Å². The van der Waals surface area contributed by atoms with Crippen molar-refractivity contribution in [2.24, 2.45) is 0 Å². The Morgan fingerprint density at radius 2 is 1.70 bits per heavy atom. The fourth-order valence-electron chi connectivity index (χ4n) is 2.05. The summed E-state index contributed by atoms with van der Waals surface area (Å²) in [6.07, 6.45) is 0. The molecule has 0 radical (unpaired) electrons. The molecule has 5 nitrogen and oxygen atoms in total. The highest BCUT2D eigenvalue weighted by Gasteiger charge is 2.06. The Bertz CT molecular complexity index is 677. The van der Waals surface area contributed by atoms with E-state index in [0.29, 0.717) is 24.6 Å². The van der Waals surface area contributed by atoms with Crippen LogP contribution in [-0.4, -0.2) is 20.3 Å². The lowest BCUT2D eigenvalue weighted by Crippen LogP contribution is -2.34. The quantitative estimate of drug-likeness (QED) is 0.808. The fraction of sp³-hybridized carbons (Fsp3) is 0.235. The third-order valence-electron chi connectivity index (χ3n) is 3.30. The topological polar surface area (TPSA) is 59.6 Å². The second kappa shape index (κ2) is 8.43. The minimum Gasteiger partial charge on any atom is -0.493 e. The minimum absolute atomic E-state index is 0.226. The highest BCUT2D eigenvalue weighted by molar-refractivity contribution is 9.10. The summed E-state index contributed by atoms with van der Waals surface area (Å²) in [7, 11) is 3.17. The van der Waals surface area contributed by atoms with E-state index in [1.54, 1.807) is 14.2 Å². The minimum atomic E-state index is -0.226. The normalized spacial score (nSPS) is 10.0. The number of urea groups is 1. The molecule has 2 aromatic rings. The van der Waals surface area contributed by atoms with Crippen LogP contribution < -0.4 is 20.1 Å². The van der Waals surface area contributed by atoms with E-state index in [2.05, 4.69) is 26.6 Å². The molecule has 0 heterocycles. The predicted molar refractivity (Wildman–Crippen MR) is 92.8 cm³/mol. The van der Waals surface area contributed by atoms with Gasteiger partial charge < -0.3 is 20.1 Å². The van der Waals surface area contributed by atoms with Crippen LogP contribution in [0.1, 0.15) is 11.1 Å². The number of halogens is 1. The first-order valence-corrected chi connectivity index (χ1v) is 7.89. The largest absolute Gasteiger partial charge is 0.493 e. The van der Waals surface area contributed by atoms with Crippen LogP contribution in [0.25, 0.3) is 0 Å². The first kappa shape index (κ1) is 17.1. The Balaban J connectivity index is 1.86. The van der Waals surface area contributed by atoms with Crippen LogP contribution >= 0.6 is 15.9 Å². The molecule has 0 aliphatic carbocycles. The second-order valence-corrected chi connectivity index (χ2v) is 5.67. The summed E-state index contributed by atoms with van der Waals surface area (Å²) < 4.78 is 11.4. The Morgan fingerprint density at radius 1 is 1.00 bits per heavy atom. The van der Waals surface area contributed by atoms with Gasteiger partial charge >= 0.3 is 6.03 Å². The van der Waals surface area contributed by atoms with Crippen LogP contribution in [0.4, 0.5) is 4.79 Å². The monoisotopic (exact) mass is 378 g/mol. The Hall–Kier alpha value is -2.21. The highest BCUT2D eigenvalue weighted by Crippen LogP contribution is 2.27. The number of carbonyl (C=O) groups excluding carboxylic acids is 1. The molecular weight excluding hydrogens is 360 g/mol. The van der Waals surface area contributed by atoms with E-state index < -0.39 is 0 Å². The maximum Gasteiger partial charge on any atom is 0.315 e. The summed E-state index contributed by atoms with van der Waals surface area (Å²) >= 11 is 3.45. The average molecular weight is 379 g/mol. The van der Waals surface area contributed by atoms with Gasteiger partial charge in [0.2, 0.25) is 0 Å². The van der Waals surface area contributed by atoms with Crippen molar-refractivity contribution in [1.82, 2.24) is 10.6 Å².